The molecule has 0 radical (unpaired) electrons. The number of hydrogen-bond acceptors (Lipinski definition) is 4. The van der Waals surface area contributed by atoms with Crippen molar-refractivity contribution in [2.45, 2.75) is 37.7 Å². The molecule has 1 heterocycles. The first-order chi connectivity index (χ1) is 6.22. The van der Waals surface area contributed by atoms with Gasteiger partial charge in [-0.05, 0) is 20.8 Å². The van der Waals surface area contributed by atoms with Crippen LogP contribution >= 0.6 is 23.5 Å². The molecule has 1 saturated heterocycles. The predicted octanol–water partition coefficient (Wildman–Crippen LogP) is 2.58. The highest BCUT2D eigenvalue weighted by molar-refractivity contribution is 8.06. The average molecular weight is 222 g/mol. The lowest BCUT2D eigenvalue weighted by atomic mass is 10.5. The van der Waals surface area contributed by atoms with Crippen LogP contribution in [0.3, 0.4) is 0 Å². The quantitative estimate of drug-likeness (QED) is 0.727. The first-order valence-electron chi connectivity index (χ1n) is 4.72. The van der Waals surface area contributed by atoms with E-state index >= 15 is 0 Å². The van der Waals surface area contributed by atoms with E-state index in [-0.39, 0.29) is 0 Å². The van der Waals surface area contributed by atoms with Gasteiger partial charge in [0, 0.05) is 18.1 Å². The number of hydrogen-bond donors (Lipinski definition) is 0. The van der Waals surface area contributed by atoms with E-state index in [2.05, 4.69) is 13.8 Å². The van der Waals surface area contributed by atoms with Crippen LogP contribution in [0.25, 0.3) is 0 Å². The molecule has 1 rings (SSSR count). The Morgan fingerprint density at radius 1 is 1.23 bits per heavy atom. The van der Waals surface area contributed by atoms with Crippen LogP contribution in [-0.4, -0.2) is 35.1 Å². The van der Waals surface area contributed by atoms with E-state index in [1.54, 1.807) is 0 Å². The van der Waals surface area contributed by atoms with E-state index in [1.807, 2.05) is 30.4 Å². The van der Waals surface area contributed by atoms with Crippen LogP contribution in [0.4, 0.5) is 0 Å². The molecule has 0 spiro atoms. The standard InChI is InChI=1S/C9H18O2S2/c1-4-10-8-5-13-9(6-12-8)11-7(2)3/h7-9H,4-6H2,1-3H3. The molecule has 1 aliphatic rings. The van der Waals surface area contributed by atoms with Crippen molar-refractivity contribution in [3.8, 4) is 0 Å². The molecule has 0 aromatic rings. The number of ether oxygens (including phenoxy) is 2. The Kier molecular flexibility index (Phi) is 5.55. The Balaban J connectivity index is 2.15. The smallest absolute Gasteiger partial charge is 0.112 e. The zero-order valence-electron chi connectivity index (χ0n) is 8.49. The third kappa shape index (κ3) is 4.58. The molecule has 78 valence electrons. The average Bonchev–Trinajstić information content (AvgIpc) is 2.08. The van der Waals surface area contributed by atoms with Crippen molar-refractivity contribution < 1.29 is 9.47 Å². The van der Waals surface area contributed by atoms with Crippen molar-refractivity contribution in [2.24, 2.45) is 0 Å². The van der Waals surface area contributed by atoms with Gasteiger partial charge in [0.25, 0.3) is 0 Å². The van der Waals surface area contributed by atoms with Crippen LogP contribution in [0.15, 0.2) is 0 Å². The van der Waals surface area contributed by atoms with E-state index in [4.69, 9.17) is 9.47 Å². The summed E-state index contributed by atoms with van der Waals surface area (Å²) in [5, 5.41) is 0. The maximum absolute atomic E-state index is 5.70. The molecule has 0 amide bonds. The molecule has 2 atom stereocenters. The molecule has 13 heavy (non-hydrogen) atoms. The third-order valence-corrected chi connectivity index (χ3v) is 4.35. The van der Waals surface area contributed by atoms with Gasteiger partial charge in [0.05, 0.1) is 6.10 Å². The van der Waals surface area contributed by atoms with Crippen molar-refractivity contribution in [1.82, 2.24) is 0 Å². The monoisotopic (exact) mass is 222 g/mol. The van der Waals surface area contributed by atoms with Crippen LogP contribution in [0.5, 0.6) is 0 Å². The summed E-state index contributed by atoms with van der Waals surface area (Å²) in [5.74, 6) is 2.10. The summed E-state index contributed by atoms with van der Waals surface area (Å²) >= 11 is 3.74. The summed E-state index contributed by atoms with van der Waals surface area (Å²) in [7, 11) is 0. The van der Waals surface area contributed by atoms with Gasteiger partial charge in [-0.3, -0.25) is 0 Å². The summed E-state index contributed by atoms with van der Waals surface area (Å²) in [6.45, 7) is 7.02. The third-order valence-electron chi connectivity index (χ3n) is 1.61. The topological polar surface area (TPSA) is 18.5 Å². The SMILES string of the molecule is CCOC1CSC(OC(C)C)CS1. The Morgan fingerprint density at radius 2 is 1.85 bits per heavy atom. The van der Waals surface area contributed by atoms with Crippen LogP contribution in [0.1, 0.15) is 20.8 Å². The fourth-order valence-electron chi connectivity index (χ4n) is 1.13. The maximum atomic E-state index is 5.70. The number of rotatable bonds is 4. The van der Waals surface area contributed by atoms with Gasteiger partial charge in [0.15, 0.2) is 0 Å². The maximum Gasteiger partial charge on any atom is 0.112 e. The second-order valence-electron chi connectivity index (χ2n) is 3.17. The lowest BCUT2D eigenvalue weighted by Crippen LogP contribution is -2.27. The molecule has 0 aliphatic carbocycles. The van der Waals surface area contributed by atoms with Crippen molar-refractivity contribution in [1.29, 1.82) is 0 Å². The highest BCUT2D eigenvalue weighted by Crippen LogP contribution is 2.31. The largest absolute Gasteiger partial charge is 0.367 e. The van der Waals surface area contributed by atoms with Crippen LogP contribution in [0.2, 0.25) is 0 Å². The van der Waals surface area contributed by atoms with Crippen LogP contribution in [0, 0.1) is 0 Å². The summed E-state index contributed by atoms with van der Waals surface area (Å²) in [5.41, 5.74) is 0.740. The van der Waals surface area contributed by atoms with E-state index < -0.39 is 0 Å². The minimum absolute atomic E-state index is 0.335. The van der Waals surface area contributed by atoms with Crippen LogP contribution in [-0.2, 0) is 9.47 Å². The second-order valence-corrected chi connectivity index (χ2v) is 5.55. The van der Waals surface area contributed by atoms with Gasteiger partial charge < -0.3 is 9.47 Å². The summed E-state index contributed by atoms with van der Waals surface area (Å²) in [4.78, 5) is 0. The van der Waals surface area contributed by atoms with Crippen molar-refractivity contribution >= 4 is 23.5 Å². The molecule has 0 N–H and O–H groups in total. The lowest BCUT2D eigenvalue weighted by Gasteiger charge is -2.28. The van der Waals surface area contributed by atoms with E-state index in [0.29, 0.717) is 17.0 Å². The summed E-state index contributed by atoms with van der Waals surface area (Å²) in [6.07, 6.45) is 0.335. The number of thioether (sulfide) groups is 2. The molecule has 1 aliphatic heterocycles. The van der Waals surface area contributed by atoms with Crippen molar-refractivity contribution in [3.05, 3.63) is 0 Å². The normalized spacial score (nSPS) is 29.5. The zero-order chi connectivity index (χ0) is 9.68. The molecule has 0 saturated carbocycles. The molecular weight excluding hydrogens is 204 g/mol. The van der Waals surface area contributed by atoms with Crippen molar-refractivity contribution in [3.63, 3.8) is 0 Å². The molecule has 0 aromatic heterocycles. The van der Waals surface area contributed by atoms with Gasteiger partial charge in [-0.1, -0.05) is 0 Å². The zero-order valence-corrected chi connectivity index (χ0v) is 10.1. The second kappa shape index (κ2) is 6.17. The van der Waals surface area contributed by atoms with Gasteiger partial charge in [0.1, 0.15) is 10.9 Å². The molecule has 2 nitrogen and oxygen atoms in total. The minimum Gasteiger partial charge on any atom is -0.367 e. The van der Waals surface area contributed by atoms with Crippen molar-refractivity contribution in [2.75, 3.05) is 18.1 Å². The predicted molar refractivity (Wildman–Crippen MR) is 60.3 cm³/mol. The minimum atomic E-state index is 0.335. The first-order valence-corrected chi connectivity index (χ1v) is 6.82. The van der Waals surface area contributed by atoms with Gasteiger partial charge in [-0.25, -0.2) is 0 Å². The van der Waals surface area contributed by atoms with Gasteiger partial charge in [-0.15, -0.1) is 23.5 Å². The molecule has 1 fully saturated rings. The summed E-state index contributed by atoms with van der Waals surface area (Å²) in [6, 6.07) is 0. The van der Waals surface area contributed by atoms with Gasteiger partial charge in [0.2, 0.25) is 0 Å². The van der Waals surface area contributed by atoms with Gasteiger partial charge >= 0.3 is 0 Å². The van der Waals surface area contributed by atoms with E-state index in [9.17, 15) is 0 Å². The molecule has 4 heteroatoms. The fraction of sp³-hybridized carbons (Fsp3) is 1.00. The summed E-state index contributed by atoms with van der Waals surface area (Å²) < 4.78 is 11.2. The Bertz CT molecular complexity index is 134. The highest BCUT2D eigenvalue weighted by atomic mass is 32.2. The molecule has 2 unspecified atom stereocenters. The Labute approximate surface area is 89.1 Å². The molecule has 0 aromatic carbocycles. The van der Waals surface area contributed by atoms with E-state index in [0.717, 1.165) is 18.1 Å². The molecular formula is C9H18O2S2. The lowest BCUT2D eigenvalue weighted by molar-refractivity contribution is 0.0681. The van der Waals surface area contributed by atoms with E-state index in [1.165, 1.54) is 0 Å². The highest BCUT2D eigenvalue weighted by Gasteiger charge is 2.23. The Hall–Kier alpha value is 0.620. The Morgan fingerprint density at radius 3 is 2.31 bits per heavy atom. The van der Waals surface area contributed by atoms with Crippen LogP contribution < -0.4 is 0 Å². The first kappa shape index (κ1) is 11.7. The van der Waals surface area contributed by atoms with Gasteiger partial charge in [-0.2, -0.15) is 0 Å². The fourth-order valence-corrected chi connectivity index (χ4v) is 3.82. The molecule has 0 bridgehead atoms.